The van der Waals surface area contributed by atoms with E-state index in [4.69, 9.17) is 5.73 Å². The van der Waals surface area contributed by atoms with Crippen LogP contribution in [0.3, 0.4) is 0 Å². The minimum Gasteiger partial charge on any atom is -0.327 e. The Morgan fingerprint density at radius 2 is 1.56 bits per heavy atom. The van der Waals surface area contributed by atoms with E-state index in [2.05, 4.69) is 59.7 Å². The quantitative estimate of drug-likeness (QED) is 0.846. The maximum absolute atomic E-state index is 6.30. The third-order valence-electron chi connectivity index (χ3n) is 3.91. The standard InChI is InChI=1S/C17H29N/c1-12-7-13(2)9-15(8-12)11-16(18)10-14(3)17(4,5)6/h7-9,14,16H,10-11,18H2,1-6H3. The highest BCUT2D eigenvalue weighted by Crippen LogP contribution is 2.29. The molecule has 0 aliphatic carbocycles. The summed E-state index contributed by atoms with van der Waals surface area (Å²) >= 11 is 0. The molecule has 0 bridgehead atoms. The van der Waals surface area contributed by atoms with Crippen molar-refractivity contribution in [3.63, 3.8) is 0 Å². The van der Waals surface area contributed by atoms with Crippen LogP contribution in [0.4, 0.5) is 0 Å². The summed E-state index contributed by atoms with van der Waals surface area (Å²) in [6, 6.07) is 7.00. The second kappa shape index (κ2) is 5.88. The first kappa shape index (κ1) is 15.2. The Morgan fingerprint density at radius 1 is 1.06 bits per heavy atom. The van der Waals surface area contributed by atoms with Crippen molar-refractivity contribution in [2.24, 2.45) is 17.1 Å². The lowest BCUT2D eigenvalue weighted by atomic mass is 9.78. The molecule has 0 saturated carbocycles. The molecule has 0 fully saturated rings. The van der Waals surface area contributed by atoms with E-state index in [1.54, 1.807) is 0 Å². The molecule has 2 atom stereocenters. The lowest BCUT2D eigenvalue weighted by Crippen LogP contribution is -2.30. The lowest BCUT2D eigenvalue weighted by molar-refractivity contribution is 0.233. The zero-order chi connectivity index (χ0) is 13.9. The molecule has 18 heavy (non-hydrogen) atoms. The summed E-state index contributed by atoms with van der Waals surface area (Å²) in [4.78, 5) is 0. The Morgan fingerprint density at radius 3 is 2.00 bits per heavy atom. The monoisotopic (exact) mass is 247 g/mol. The number of benzene rings is 1. The van der Waals surface area contributed by atoms with E-state index in [-0.39, 0.29) is 6.04 Å². The van der Waals surface area contributed by atoms with E-state index in [0.29, 0.717) is 11.3 Å². The topological polar surface area (TPSA) is 26.0 Å². The Hall–Kier alpha value is -0.820. The molecule has 1 aromatic carbocycles. The first-order valence-corrected chi connectivity index (χ1v) is 7.01. The van der Waals surface area contributed by atoms with Crippen molar-refractivity contribution >= 4 is 0 Å². The number of nitrogens with two attached hydrogens (primary N) is 1. The third-order valence-corrected chi connectivity index (χ3v) is 3.91. The highest BCUT2D eigenvalue weighted by Gasteiger charge is 2.22. The van der Waals surface area contributed by atoms with Crippen LogP contribution in [-0.2, 0) is 6.42 Å². The molecule has 1 nitrogen and oxygen atoms in total. The molecule has 1 rings (SSSR count). The Labute approximate surface area is 113 Å². The third kappa shape index (κ3) is 4.81. The molecular weight excluding hydrogens is 218 g/mol. The van der Waals surface area contributed by atoms with E-state index in [1.165, 1.54) is 16.7 Å². The fourth-order valence-electron chi connectivity index (χ4n) is 2.38. The van der Waals surface area contributed by atoms with Gasteiger partial charge in [0.25, 0.3) is 0 Å². The van der Waals surface area contributed by atoms with Crippen molar-refractivity contribution in [2.45, 2.75) is 60.4 Å². The number of hydrogen-bond acceptors (Lipinski definition) is 1. The molecule has 0 aliphatic rings. The first-order chi connectivity index (χ1) is 8.18. The van der Waals surface area contributed by atoms with Gasteiger partial charge in [-0.15, -0.1) is 0 Å². The van der Waals surface area contributed by atoms with Crippen LogP contribution in [0, 0.1) is 25.2 Å². The second-order valence-electron chi connectivity index (χ2n) is 6.96. The van der Waals surface area contributed by atoms with Crippen molar-refractivity contribution in [3.8, 4) is 0 Å². The van der Waals surface area contributed by atoms with Gasteiger partial charge < -0.3 is 5.73 Å². The van der Waals surface area contributed by atoms with Gasteiger partial charge in [0.2, 0.25) is 0 Å². The Kier molecular flexibility index (Phi) is 4.98. The highest BCUT2D eigenvalue weighted by molar-refractivity contribution is 5.29. The molecule has 0 spiro atoms. The van der Waals surface area contributed by atoms with Crippen LogP contribution in [0.1, 0.15) is 50.8 Å². The predicted molar refractivity (Wildman–Crippen MR) is 80.8 cm³/mol. The molecule has 2 unspecified atom stereocenters. The van der Waals surface area contributed by atoms with E-state index in [0.717, 1.165) is 12.8 Å². The molecule has 2 N–H and O–H groups in total. The molecule has 0 amide bonds. The lowest BCUT2D eigenvalue weighted by Gasteiger charge is -2.29. The normalized spacial score (nSPS) is 15.5. The van der Waals surface area contributed by atoms with Crippen LogP contribution in [0.25, 0.3) is 0 Å². The summed E-state index contributed by atoms with van der Waals surface area (Å²) in [7, 11) is 0. The largest absolute Gasteiger partial charge is 0.327 e. The Balaban J connectivity index is 2.62. The van der Waals surface area contributed by atoms with Crippen molar-refractivity contribution < 1.29 is 0 Å². The molecule has 0 saturated heterocycles. The minimum atomic E-state index is 0.264. The fraction of sp³-hybridized carbons (Fsp3) is 0.647. The summed E-state index contributed by atoms with van der Waals surface area (Å²) in [5.41, 5.74) is 10.7. The van der Waals surface area contributed by atoms with Crippen molar-refractivity contribution in [2.75, 3.05) is 0 Å². The van der Waals surface area contributed by atoms with Crippen molar-refractivity contribution in [3.05, 3.63) is 34.9 Å². The van der Waals surface area contributed by atoms with Crippen LogP contribution in [0.2, 0.25) is 0 Å². The van der Waals surface area contributed by atoms with Gasteiger partial charge in [0, 0.05) is 6.04 Å². The molecular formula is C17H29N. The molecule has 102 valence electrons. The minimum absolute atomic E-state index is 0.264. The predicted octanol–water partition coefficient (Wildman–Crippen LogP) is 4.25. The SMILES string of the molecule is Cc1cc(C)cc(CC(N)CC(C)C(C)(C)C)c1. The van der Waals surface area contributed by atoms with Gasteiger partial charge in [-0.1, -0.05) is 57.0 Å². The summed E-state index contributed by atoms with van der Waals surface area (Å²) in [6.07, 6.45) is 2.08. The fourth-order valence-corrected chi connectivity index (χ4v) is 2.38. The zero-order valence-corrected chi connectivity index (χ0v) is 12.9. The average Bonchev–Trinajstić information content (AvgIpc) is 2.13. The number of aryl methyl sites for hydroxylation is 2. The summed E-state index contributed by atoms with van der Waals surface area (Å²) < 4.78 is 0. The van der Waals surface area contributed by atoms with Gasteiger partial charge in [0.1, 0.15) is 0 Å². The summed E-state index contributed by atoms with van der Waals surface area (Å²) in [5.74, 6) is 0.651. The average molecular weight is 247 g/mol. The molecule has 0 heterocycles. The van der Waals surface area contributed by atoms with Crippen LogP contribution >= 0.6 is 0 Å². The van der Waals surface area contributed by atoms with Crippen LogP contribution in [0.15, 0.2) is 18.2 Å². The van der Waals surface area contributed by atoms with Gasteiger partial charge in [-0.25, -0.2) is 0 Å². The van der Waals surface area contributed by atoms with Gasteiger partial charge in [0.05, 0.1) is 0 Å². The maximum Gasteiger partial charge on any atom is 0.00820 e. The summed E-state index contributed by atoms with van der Waals surface area (Å²) in [5, 5.41) is 0. The second-order valence-corrected chi connectivity index (χ2v) is 6.96. The van der Waals surface area contributed by atoms with E-state index >= 15 is 0 Å². The van der Waals surface area contributed by atoms with E-state index in [1.807, 2.05) is 0 Å². The van der Waals surface area contributed by atoms with E-state index in [9.17, 15) is 0 Å². The Bertz CT molecular complexity index is 367. The zero-order valence-electron chi connectivity index (χ0n) is 12.9. The van der Waals surface area contributed by atoms with Gasteiger partial charge in [-0.2, -0.15) is 0 Å². The maximum atomic E-state index is 6.30. The molecule has 0 aromatic heterocycles. The number of hydrogen-bond donors (Lipinski definition) is 1. The first-order valence-electron chi connectivity index (χ1n) is 7.01. The van der Waals surface area contributed by atoms with Crippen molar-refractivity contribution in [1.29, 1.82) is 0 Å². The molecule has 1 heteroatoms. The van der Waals surface area contributed by atoms with E-state index < -0.39 is 0 Å². The molecule has 1 aromatic rings. The smallest absolute Gasteiger partial charge is 0.00820 e. The van der Waals surface area contributed by atoms with Crippen molar-refractivity contribution in [1.82, 2.24) is 0 Å². The number of rotatable bonds is 4. The molecule has 0 aliphatic heterocycles. The highest BCUT2D eigenvalue weighted by atomic mass is 14.6. The van der Waals surface area contributed by atoms with Gasteiger partial charge in [-0.3, -0.25) is 0 Å². The molecule has 0 radical (unpaired) electrons. The van der Waals surface area contributed by atoms with Crippen LogP contribution < -0.4 is 5.73 Å². The van der Waals surface area contributed by atoms with Crippen LogP contribution in [-0.4, -0.2) is 6.04 Å². The van der Waals surface area contributed by atoms with Crippen LogP contribution in [0.5, 0.6) is 0 Å². The summed E-state index contributed by atoms with van der Waals surface area (Å²) in [6.45, 7) is 13.5. The van der Waals surface area contributed by atoms with Gasteiger partial charge in [-0.05, 0) is 43.6 Å². The van der Waals surface area contributed by atoms with Gasteiger partial charge in [0.15, 0.2) is 0 Å². The van der Waals surface area contributed by atoms with Gasteiger partial charge >= 0.3 is 0 Å².